The van der Waals surface area contributed by atoms with E-state index in [1.807, 2.05) is 18.2 Å². The molecule has 3 nitrogen and oxygen atoms in total. The van der Waals surface area contributed by atoms with Gasteiger partial charge in [-0.2, -0.15) is 0 Å². The predicted molar refractivity (Wildman–Crippen MR) is 81.6 cm³/mol. The predicted octanol–water partition coefficient (Wildman–Crippen LogP) is 2.12. The van der Waals surface area contributed by atoms with E-state index >= 15 is 0 Å². The summed E-state index contributed by atoms with van der Waals surface area (Å²) < 4.78 is 0. The second-order valence-electron chi connectivity index (χ2n) is 6.02. The number of aliphatic hydroxyl groups excluding tert-OH is 2. The van der Waals surface area contributed by atoms with Crippen LogP contribution in [0.1, 0.15) is 37.7 Å². The van der Waals surface area contributed by atoms with Gasteiger partial charge in [0.2, 0.25) is 0 Å². The second kappa shape index (κ2) is 8.40. The Morgan fingerprint density at radius 3 is 2.50 bits per heavy atom. The molecule has 0 heterocycles. The van der Waals surface area contributed by atoms with Gasteiger partial charge in [-0.1, -0.05) is 56.0 Å². The van der Waals surface area contributed by atoms with Crippen LogP contribution < -0.4 is 5.32 Å². The van der Waals surface area contributed by atoms with Gasteiger partial charge in [0.15, 0.2) is 0 Å². The molecular formula is C17H27NO2. The van der Waals surface area contributed by atoms with E-state index < -0.39 is 0 Å². The summed E-state index contributed by atoms with van der Waals surface area (Å²) in [6.45, 7) is 0.680. The fourth-order valence-corrected chi connectivity index (χ4v) is 3.12. The van der Waals surface area contributed by atoms with Gasteiger partial charge in [-0.25, -0.2) is 0 Å². The third kappa shape index (κ3) is 5.23. The molecule has 2 atom stereocenters. The van der Waals surface area contributed by atoms with Crippen molar-refractivity contribution in [2.75, 3.05) is 13.2 Å². The summed E-state index contributed by atoms with van der Waals surface area (Å²) in [5.41, 5.74) is 1.21. The quantitative estimate of drug-likeness (QED) is 0.682. The standard InChI is InChI=1S/C17H27NO2/c19-13-16(10-14-6-2-1-3-7-14)18-12-17(20)11-15-8-4-5-9-15/h1-3,6-7,15-20H,4-5,8-13H2. The summed E-state index contributed by atoms with van der Waals surface area (Å²) in [5.74, 6) is 0.702. The van der Waals surface area contributed by atoms with Crippen LogP contribution in [0, 0.1) is 5.92 Å². The highest BCUT2D eigenvalue weighted by Gasteiger charge is 2.19. The highest BCUT2D eigenvalue weighted by Crippen LogP contribution is 2.28. The first-order valence-electron chi connectivity index (χ1n) is 7.84. The van der Waals surface area contributed by atoms with Gasteiger partial charge in [0.25, 0.3) is 0 Å². The summed E-state index contributed by atoms with van der Waals surface area (Å²) in [6.07, 6.45) is 6.58. The monoisotopic (exact) mass is 277 g/mol. The maximum absolute atomic E-state index is 10.1. The minimum atomic E-state index is -0.289. The molecule has 2 rings (SSSR count). The highest BCUT2D eigenvalue weighted by molar-refractivity contribution is 5.15. The molecule has 2 unspecified atom stereocenters. The van der Waals surface area contributed by atoms with E-state index in [-0.39, 0.29) is 18.8 Å². The normalized spacial score (nSPS) is 19.1. The lowest BCUT2D eigenvalue weighted by molar-refractivity contribution is 0.130. The number of nitrogens with one attached hydrogen (secondary N) is 1. The molecule has 3 N–H and O–H groups in total. The van der Waals surface area contributed by atoms with Crippen molar-refractivity contribution in [2.24, 2.45) is 5.92 Å². The SMILES string of the molecule is OCC(Cc1ccccc1)NCC(O)CC1CCCC1. The molecule has 0 aliphatic heterocycles. The fourth-order valence-electron chi connectivity index (χ4n) is 3.12. The van der Waals surface area contributed by atoms with Gasteiger partial charge < -0.3 is 15.5 Å². The van der Waals surface area contributed by atoms with Crippen molar-refractivity contribution in [3.8, 4) is 0 Å². The van der Waals surface area contributed by atoms with Crippen molar-refractivity contribution in [2.45, 2.75) is 50.7 Å². The van der Waals surface area contributed by atoms with E-state index in [9.17, 15) is 10.2 Å². The van der Waals surface area contributed by atoms with Gasteiger partial charge in [-0.3, -0.25) is 0 Å². The lowest BCUT2D eigenvalue weighted by Crippen LogP contribution is -2.39. The average molecular weight is 277 g/mol. The molecular weight excluding hydrogens is 250 g/mol. The van der Waals surface area contributed by atoms with Crippen LogP contribution in [0.2, 0.25) is 0 Å². The molecule has 1 saturated carbocycles. The molecule has 0 radical (unpaired) electrons. The lowest BCUT2D eigenvalue weighted by Gasteiger charge is -2.20. The Balaban J connectivity index is 1.70. The third-order valence-electron chi connectivity index (χ3n) is 4.27. The molecule has 1 aromatic carbocycles. The molecule has 112 valence electrons. The second-order valence-corrected chi connectivity index (χ2v) is 6.02. The van der Waals surface area contributed by atoms with Crippen LogP contribution in [0.25, 0.3) is 0 Å². The van der Waals surface area contributed by atoms with Crippen molar-refractivity contribution >= 4 is 0 Å². The Kier molecular flexibility index (Phi) is 6.51. The zero-order chi connectivity index (χ0) is 14.2. The van der Waals surface area contributed by atoms with Crippen LogP contribution in [0.15, 0.2) is 30.3 Å². The molecule has 0 bridgehead atoms. The number of hydrogen-bond acceptors (Lipinski definition) is 3. The largest absolute Gasteiger partial charge is 0.395 e. The molecule has 0 saturated heterocycles. The summed E-state index contributed by atoms with van der Waals surface area (Å²) in [6, 6.07) is 10.2. The maximum atomic E-state index is 10.1. The van der Waals surface area contributed by atoms with Gasteiger partial charge in [-0.15, -0.1) is 0 Å². The van der Waals surface area contributed by atoms with Crippen molar-refractivity contribution in [3.63, 3.8) is 0 Å². The number of rotatable bonds is 8. The van der Waals surface area contributed by atoms with Gasteiger partial charge in [0.05, 0.1) is 12.7 Å². The van der Waals surface area contributed by atoms with E-state index in [0.29, 0.717) is 12.5 Å². The van der Waals surface area contributed by atoms with Crippen LogP contribution in [0.5, 0.6) is 0 Å². The molecule has 0 aromatic heterocycles. The first-order chi connectivity index (χ1) is 9.78. The molecule has 1 fully saturated rings. The van der Waals surface area contributed by atoms with E-state index in [1.165, 1.54) is 31.2 Å². The highest BCUT2D eigenvalue weighted by atomic mass is 16.3. The van der Waals surface area contributed by atoms with Gasteiger partial charge in [-0.05, 0) is 24.3 Å². The number of benzene rings is 1. The van der Waals surface area contributed by atoms with Gasteiger partial charge >= 0.3 is 0 Å². The summed E-state index contributed by atoms with van der Waals surface area (Å²) in [7, 11) is 0. The summed E-state index contributed by atoms with van der Waals surface area (Å²) in [5, 5.41) is 22.8. The zero-order valence-electron chi connectivity index (χ0n) is 12.2. The summed E-state index contributed by atoms with van der Waals surface area (Å²) in [4.78, 5) is 0. The van der Waals surface area contributed by atoms with E-state index in [2.05, 4.69) is 17.4 Å². The van der Waals surface area contributed by atoms with Crippen molar-refractivity contribution in [1.29, 1.82) is 0 Å². The topological polar surface area (TPSA) is 52.5 Å². The average Bonchev–Trinajstić information content (AvgIpc) is 2.97. The van der Waals surface area contributed by atoms with Crippen molar-refractivity contribution in [1.82, 2.24) is 5.32 Å². The Hall–Kier alpha value is -0.900. The Morgan fingerprint density at radius 2 is 1.85 bits per heavy atom. The Morgan fingerprint density at radius 1 is 1.15 bits per heavy atom. The van der Waals surface area contributed by atoms with E-state index in [1.54, 1.807) is 0 Å². The molecule has 0 amide bonds. The molecule has 1 aliphatic carbocycles. The number of hydrogen-bond donors (Lipinski definition) is 3. The molecule has 1 aromatic rings. The van der Waals surface area contributed by atoms with Crippen molar-refractivity contribution in [3.05, 3.63) is 35.9 Å². The van der Waals surface area contributed by atoms with Crippen LogP contribution in [0.3, 0.4) is 0 Å². The molecule has 3 heteroatoms. The van der Waals surface area contributed by atoms with Gasteiger partial charge in [0.1, 0.15) is 0 Å². The number of aliphatic hydroxyl groups is 2. The lowest BCUT2D eigenvalue weighted by atomic mass is 9.99. The fraction of sp³-hybridized carbons (Fsp3) is 0.647. The Bertz CT molecular complexity index is 363. The van der Waals surface area contributed by atoms with Crippen LogP contribution in [-0.2, 0) is 6.42 Å². The minimum Gasteiger partial charge on any atom is -0.395 e. The smallest absolute Gasteiger partial charge is 0.0667 e. The first-order valence-corrected chi connectivity index (χ1v) is 7.84. The third-order valence-corrected chi connectivity index (χ3v) is 4.27. The Labute approximate surface area is 122 Å². The van der Waals surface area contributed by atoms with Crippen LogP contribution in [0.4, 0.5) is 0 Å². The molecule has 20 heavy (non-hydrogen) atoms. The summed E-state index contributed by atoms with van der Waals surface area (Å²) >= 11 is 0. The first kappa shape index (κ1) is 15.5. The van der Waals surface area contributed by atoms with Crippen molar-refractivity contribution < 1.29 is 10.2 Å². The van der Waals surface area contributed by atoms with E-state index in [0.717, 1.165) is 12.8 Å². The molecule has 1 aliphatic rings. The zero-order valence-corrected chi connectivity index (χ0v) is 12.2. The van der Waals surface area contributed by atoms with Crippen LogP contribution in [-0.4, -0.2) is 35.5 Å². The maximum Gasteiger partial charge on any atom is 0.0667 e. The molecule has 0 spiro atoms. The minimum absolute atomic E-state index is 0.0237. The van der Waals surface area contributed by atoms with Crippen LogP contribution >= 0.6 is 0 Å². The van der Waals surface area contributed by atoms with E-state index in [4.69, 9.17) is 0 Å². The van der Waals surface area contributed by atoms with Gasteiger partial charge in [0, 0.05) is 12.6 Å².